The Morgan fingerprint density at radius 1 is 1.33 bits per heavy atom. The second-order valence-electron chi connectivity index (χ2n) is 6.04. The number of benzene rings is 1. The fourth-order valence-electron chi connectivity index (χ4n) is 3.14. The van der Waals surface area contributed by atoms with Gasteiger partial charge in [0.25, 0.3) is 5.91 Å². The van der Waals surface area contributed by atoms with Crippen molar-refractivity contribution < 1.29 is 9.90 Å². The summed E-state index contributed by atoms with van der Waals surface area (Å²) in [6.45, 7) is 0.691. The van der Waals surface area contributed by atoms with E-state index in [0.717, 1.165) is 36.7 Å². The molecule has 2 aromatic rings. The van der Waals surface area contributed by atoms with E-state index in [9.17, 15) is 9.90 Å². The fraction of sp³-hybridized carbons (Fsp3) is 0.500. The van der Waals surface area contributed by atoms with Crippen LogP contribution in [0.4, 0.5) is 0 Å². The molecule has 1 fully saturated rings. The van der Waals surface area contributed by atoms with Gasteiger partial charge in [-0.25, -0.2) is 4.98 Å². The first-order chi connectivity index (χ1) is 10.2. The number of hydrogen-bond donors (Lipinski definition) is 3. The maximum Gasteiger partial charge on any atom is 0.251 e. The Labute approximate surface area is 123 Å². The van der Waals surface area contributed by atoms with Crippen LogP contribution in [0.2, 0.25) is 0 Å². The van der Waals surface area contributed by atoms with Crippen LogP contribution in [0, 0.1) is 5.41 Å². The molecule has 1 aromatic heterocycles. The molecule has 0 bridgehead atoms. The summed E-state index contributed by atoms with van der Waals surface area (Å²) in [6.07, 6.45) is 7.10. The highest BCUT2D eigenvalue weighted by atomic mass is 16.3. The third-order valence-corrected chi connectivity index (χ3v) is 4.56. The number of nitrogens with zero attached hydrogens (tertiary/aromatic N) is 1. The molecule has 0 saturated heterocycles. The highest BCUT2D eigenvalue weighted by Crippen LogP contribution is 2.35. The van der Waals surface area contributed by atoms with Crippen LogP contribution in [0.25, 0.3) is 11.0 Å². The number of amides is 1. The molecule has 1 aliphatic carbocycles. The molecule has 5 nitrogen and oxygen atoms in total. The van der Waals surface area contributed by atoms with Crippen molar-refractivity contribution in [2.45, 2.75) is 32.1 Å². The zero-order valence-electron chi connectivity index (χ0n) is 12.1. The highest BCUT2D eigenvalue weighted by molar-refractivity contribution is 5.97. The molecule has 0 atom stereocenters. The molecule has 112 valence electrons. The van der Waals surface area contributed by atoms with Gasteiger partial charge >= 0.3 is 0 Å². The van der Waals surface area contributed by atoms with Gasteiger partial charge in [-0.3, -0.25) is 4.79 Å². The summed E-state index contributed by atoms with van der Waals surface area (Å²) in [5, 5.41) is 12.7. The number of carbonyl (C=O) groups excluding carboxylic acids is 1. The number of aromatic nitrogens is 2. The third-order valence-electron chi connectivity index (χ3n) is 4.56. The van der Waals surface area contributed by atoms with Crippen LogP contribution in [0.15, 0.2) is 24.5 Å². The van der Waals surface area contributed by atoms with Crippen LogP contribution in [0.3, 0.4) is 0 Å². The Bertz CT molecular complexity index is 629. The van der Waals surface area contributed by atoms with Crippen molar-refractivity contribution in [3.8, 4) is 0 Å². The second-order valence-corrected chi connectivity index (χ2v) is 6.04. The van der Waals surface area contributed by atoms with Gasteiger partial charge < -0.3 is 15.4 Å². The van der Waals surface area contributed by atoms with Crippen molar-refractivity contribution >= 4 is 16.9 Å². The summed E-state index contributed by atoms with van der Waals surface area (Å²) in [5.74, 6) is -0.0927. The smallest absolute Gasteiger partial charge is 0.251 e. The van der Waals surface area contributed by atoms with Crippen molar-refractivity contribution in [1.29, 1.82) is 0 Å². The topological polar surface area (TPSA) is 78.0 Å². The fourth-order valence-corrected chi connectivity index (χ4v) is 3.14. The maximum absolute atomic E-state index is 12.3. The lowest BCUT2D eigenvalue weighted by Crippen LogP contribution is -2.41. The summed E-state index contributed by atoms with van der Waals surface area (Å²) >= 11 is 0. The number of aliphatic hydroxyl groups excluding tert-OH is 1. The van der Waals surface area contributed by atoms with E-state index in [0.29, 0.717) is 12.1 Å². The Hall–Kier alpha value is -1.88. The number of imidazole rings is 1. The number of rotatable bonds is 4. The van der Waals surface area contributed by atoms with Gasteiger partial charge in [-0.05, 0) is 31.0 Å². The molecule has 1 aliphatic rings. The average Bonchev–Trinajstić information content (AvgIpc) is 3.01. The first kappa shape index (κ1) is 14.1. The van der Waals surface area contributed by atoms with Gasteiger partial charge in [-0.2, -0.15) is 0 Å². The Kier molecular flexibility index (Phi) is 3.92. The number of aliphatic hydroxyl groups is 1. The van der Waals surface area contributed by atoms with Crippen molar-refractivity contribution in [1.82, 2.24) is 15.3 Å². The zero-order valence-corrected chi connectivity index (χ0v) is 12.1. The summed E-state index contributed by atoms with van der Waals surface area (Å²) in [6, 6.07) is 5.43. The summed E-state index contributed by atoms with van der Waals surface area (Å²) in [5.41, 5.74) is 2.20. The predicted octanol–water partition coefficient (Wildman–Crippen LogP) is 2.24. The van der Waals surface area contributed by atoms with Gasteiger partial charge in [0.2, 0.25) is 0 Å². The van der Waals surface area contributed by atoms with Gasteiger partial charge in [0.1, 0.15) is 0 Å². The van der Waals surface area contributed by atoms with E-state index in [-0.39, 0.29) is 17.9 Å². The number of hydrogen-bond acceptors (Lipinski definition) is 3. The lowest BCUT2D eigenvalue weighted by molar-refractivity contribution is 0.0718. The molecule has 5 heteroatoms. The van der Waals surface area contributed by atoms with E-state index in [2.05, 4.69) is 15.3 Å². The summed E-state index contributed by atoms with van der Waals surface area (Å²) < 4.78 is 0. The summed E-state index contributed by atoms with van der Waals surface area (Å²) in [4.78, 5) is 19.4. The van der Waals surface area contributed by atoms with Gasteiger partial charge in [-0.15, -0.1) is 0 Å². The lowest BCUT2D eigenvalue weighted by atomic mass is 9.74. The van der Waals surface area contributed by atoms with Crippen LogP contribution in [-0.2, 0) is 0 Å². The molecule has 21 heavy (non-hydrogen) atoms. The maximum atomic E-state index is 12.3. The van der Waals surface area contributed by atoms with Gasteiger partial charge in [0.05, 0.1) is 24.0 Å². The highest BCUT2D eigenvalue weighted by Gasteiger charge is 2.31. The van der Waals surface area contributed by atoms with Crippen LogP contribution < -0.4 is 5.32 Å². The number of carbonyl (C=O) groups is 1. The van der Waals surface area contributed by atoms with E-state index in [1.807, 2.05) is 12.1 Å². The molecule has 3 N–H and O–H groups in total. The van der Waals surface area contributed by atoms with Crippen molar-refractivity contribution in [2.75, 3.05) is 13.2 Å². The third kappa shape index (κ3) is 2.93. The molecule has 0 spiro atoms. The molecular formula is C16H21N3O2. The largest absolute Gasteiger partial charge is 0.396 e. The molecule has 0 aliphatic heterocycles. The molecule has 1 saturated carbocycles. The number of nitrogens with one attached hydrogen (secondary N) is 2. The van der Waals surface area contributed by atoms with Crippen LogP contribution >= 0.6 is 0 Å². The van der Waals surface area contributed by atoms with Crippen molar-refractivity contribution in [2.24, 2.45) is 5.41 Å². The van der Waals surface area contributed by atoms with E-state index in [1.54, 1.807) is 12.4 Å². The molecule has 1 amide bonds. The van der Waals surface area contributed by atoms with E-state index in [1.165, 1.54) is 6.42 Å². The normalized spacial score (nSPS) is 17.8. The molecular weight excluding hydrogens is 266 g/mol. The Morgan fingerprint density at radius 2 is 2.14 bits per heavy atom. The standard InChI is InChI=1S/C16H21N3O2/c20-10-16(6-2-1-3-7-16)9-17-15(21)12-4-5-13-14(8-12)19-11-18-13/h4-5,8,11,20H,1-3,6-7,9-10H2,(H,17,21)(H,18,19). The minimum absolute atomic E-state index is 0.0927. The first-order valence-electron chi connectivity index (χ1n) is 7.55. The van der Waals surface area contributed by atoms with E-state index >= 15 is 0 Å². The predicted molar refractivity (Wildman–Crippen MR) is 81.0 cm³/mol. The number of fused-ring (bicyclic) bond motifs is 1. The van der Waals surface area contributed by atoms with Crippen molar-refractivity contribution in [3.63, 3.8) is 0 Å². The molecule has 1 heterocycles. The quantitative estimate of drug-likeness (QED) is 0.807. The number of aromatic amines is 1. The SMILES string of the molecule is O=C(NCC1(CO)CCCCC1)c1ccc2nc[nH]c2c1. The Morgan fingerprint density at radius 3 is 2.90 bits per heavy atom. The van der Waals surface area contributed by atoms with E-state index in [4.69, 9.17) is 0 Å². The Balaban J connectivity index is 1.67. The van der Waals surface area contributed by atoms with Crippen LogP contribution in [-0.4, -0.2) is 34.1 Å². The molecule has 1 aromatic carbocycles. The average molecular weight is 287 g/mol. The molecule has 0 unspecified atom stereocenters. The number of H-pyrrole nitrogens is 1. The van der Waals surface area contributed by atoms with Crippen LogP contribution in [0.5, 0.6) is 0 Å². The minimum atomic E-state index is -0.133. The van der Waals surface area contributed by atoms with E-state index < -0.39 is 0 Å². The zero-order chi connectivity index (χ0) is 14.7. The monoisotopic (exact) mass is 287 g/mol. The molecule has 0 radical (unpaired) electrons. The second kappa shape index (κ2) is 5.85. The van der Waals surface area contributed by atoms with Gasteiger partial charge in [-0.1, -0.05) is 19.3 Å². The first-order valence-corrected chi connectivity index (χ1v) is 7.55. The lowest BCUT2D eigenvalue weighted by Gasteiger charge is -2.35. The molecule has 3 rings (SSSR count). The van der Waals surface area contributed by atoms with Gasteiger partial charge in [0.15, 0.2) is 0 Å². The van der Waals surface area contributed by atoms with Crippen molar-refractivity contribution in [3.05, 3.63) is 30.1 Å². The van der Waals surface area contributed by atoms with Crippen LogP contribution in [0.1, 0.15) is 42.5 Å². The minimum Gasteiger partial charge on any atom is -0.396 e. The summed E-state index contributed by atoms with van der Waals surface area (Å²) in [7, 11) is 0. The van der Waals surface area contributed by atoms with Gasteiger partial charge in [0, 0.05) is 17.5 Å².